The van der Waals surface area contributed by atoms with Gasteiger partial charge in [0.2, 0.25) is 0 Å². The van der Waals surface area contributed by atoms with Crippen molar-refractivity contribution in [3.8, 4) is 0 Å². The molecule has 0 aromatic rings. The summed E-state index contributed by atoms with van der Waals surface area (Å²) in [5.41, 5.74) is 0.711. The molecular weight excluding hydrogens is 238 g/mol. The average molecular weight is 260 g/mol. The molecule has 0 aromatic carbocycles. The zero-order valence-corrected chi connectivity index (χ0v) is 11.0. The predicted molar refractivity (Wildman–Crippen MR) is 64.9 cm³/mol. The Morgan fingerprint density at radius 2 is 2.21 bits per heavy atom. The van der Waals surface area contributed by atoms with Crippen LogP contribution in [0.2, 0.25) is 0 Å². The van der Waals surface area contributed by atoms with E-state index in [4.69, 9.17) is 0 Å². The smallest absolute Gasteiger partial charge is 0.00598 e. The fourth-order valence-corrected chi connectivity index (χ4v) is 3.79. The van der Waals surface area contributed by atoms with Crippen LogP contribution in [-0.4, -0.2) is 29.4 Å². The molecule has 0 radical (unpaired) electrons. The second kappa shape index (κ2) is 4.13. The molecule has 82 valence electrons. The summed E-state index contributed by atoms with van der Waals surface area (Å²) in [4.78, 5) is 2.66. The molecule has 0 aromatic heterocycles. The Morgan fingerprint density at radius 3 is 2.71 bits per heavy atom. The summed E-state index contributed by atoms with van der Waals surface area (Å²) in [5, 5.41) is 1.22. The van der Waals surface area contributed by atoms with E-state index in [2.05, 4.69) is 34.7 Å². The van der Waals surface area contributed by atoms with E-state index >= 15 is 0 Å². The topological polar surface area (TPSA) is 3.24 Å². The van der Waals surface area contributed by atoms with E-state index in [9.17, 15) is 0 Å². The molecule has 2 heteroatoms. The van der Waals surface area contributed by atoms with Crippen LogP contribution in [-0.2, 0) is 0 Å². The van der Waals surface area contributed by atoms with E-state index < -0.39 is 0 Å². The Morgan fingerprint density at radius 1 is 1.43 bits per heavy atom. The molecule has 2 unspecified atom stereocenters. The molecule has 1 aliphatic carbocycles. The Kier molecular flexibility index (Phi) is 3.23. The number of rotatable bonds is 2. The minimum atomic E-state index is 0.711. The van der Waals surface area contributed by atoms with Crippen molar-refractivity contribution in [2.75, 3.05) is 18.4 Å². The van der Waals surface area contributed by atoms with Crippen molar-refractivity contribution in [2.45, 2.75) is 45.6 Å². The molecule has 1 nitrogen and oxygen atoms in total. The molecule has 1 spiro atoms. The number of hydrogen-bond acceptors (Lipinski definition) is 1. The van der Waals surface area contributed by atoms with Crippen LogP contribution in [0, 0.1) is 11.3 Å². The van der Waals surface area contributed by atoms with Crippen molar-refractivity contribution in [1.29, 1.82) is 0 Å². The summed E-state index contributed by atoms with van der Waals surface area (Å²) in [7, 11) is 0. The average Bonchev–Trinajstić information content (AvgIpc) is 2.74. The summed E-state index contributed by atoms with van der Waals surface area (Å²) in [6.45, 7) is 7.37. The molecule has 0 bridgehead atoms. The van der Waals surface area contributed by atoms with Crippen molar-refractivity contribution in [1.82, 2.24) is 4.90 Å². The molecule has 2 atom stereocenters. The van der Waals surface area contributed by atoms with Crippen molar-refractivity contribution >= 4 is 15.9 Å². The van der Waals surface area contributed by atoms with Gasteiger partial charge in [-0.2, -0.15) is 0 Å². The molecule has 2 rings (SSSR count). The molecule has 14 heavy (non-hydrogen) atoms. The van der Waals surface area contributed by atoms with Gasteiger partial charge in [-0.3, -0.25) is 0 Å². The first-order valence-corrected chi connectivity index (χ1v) is 7.07. The summed E-state index contributed by atoms with van der Waals surface area (Å²) in [6, 6.07) is 0.748. The van der Waals surface area contributed by atoms with Gasteiger partial charge in [-0.1, -0.05) is 15.9 Å². The lowest BCUT2D eigenvalue weighted by atomic mass is 9.85. The van der Waals surface area contributed by atoms with Crippen LogP contribution in [0.3, 0.4) is 0 Å². The second-order valence-electron chi connectivity index (χ2n) is 5.58. The minimum Gasteiger partial charge on any atom is -0.300 e. The third-order valence-corrected chi connectivity index (χ3v) is 5.14. The van der Waals surface area contributed by atoms with E-state index in [0.717, 1.165) is 12.0 Å². The van der Waals surface area contributed by atoms with Crippen LogP contribution in [0.1, 0.15) is 39.5 Å². The normalized spacial score (nSPS) is 39.0. The van der Waals surface area contributed by atoms with Gasteiger partial charge < -0.3 is 4.90 Å². The summed E-state index contributed by atoms with van der Waals surface area (Å²) in [5.74, 6) is 0.960. The van der Waals surface area contributed by atoms with Crippen molar-refractivity contribution in [3.05, 3.63) is 0 Å². The van der Waals surface area contributed by atoms with Gasteiger partial charge in [-0.15, -0.1) is 0 Å². The molecule has 2 fully saturated rings. The lowest BCUT2D eigenvalue weighted by molar-refractivity contribution is 0.222. The number of halogens is 1. The van der Waals surface area contributed by atoms with Crippen LogP contribution in [0.4, 0.5) is 0 Å². The Labute approximate surface area is 96.4 Å². The van der Waals surface area contributed by atoms with Crippen LogP contribution in [0.15, 0.2) is 0 Å². The zero-order valence-electron chi connectivity index (χ0n) is 9.43. The molecule has 0 N–H and O–H groups in total. The minimum absolute atomic E-state index is 0.711. The number of hydrogen-bond donors (Lipinski definition) is 0. The Balaban J connectivity index is 1.94. The van der Waals surface area contributed by atoms with E-state index in [1.165, 1.54) is 44.1 Å². The van der Waals surface area contributed by atoms with Crippen molar-refractivity contribution < 1.29 is 0 Å². The van der Waals surface area contributed by atoms with Gasteiger partial charge in [-0.05, 0) is 57.4 Å². The Bertz CT molecular complexity index is 204. The molecule has 1 saturated carbocycles. The molecule has 0 amide bonds. The first-order chi connectivity index (χ1) is 6.65. The highest BCUT2D eigenvalue weighted by Gasteiger charge is 2.43. The lowest BCUT2D eigenvalue weighted by Gasteiger charge is -2.26. The maximum absolute atomic E-state index is 3.64. The number of nitrogens with zero attached hydrogens (tertiary/aromatic N) is 1. The van der Waals surface area contributed by atoms with Crippen LogP contribution >= 0.6 is 15.9 Å². The zero-order chi connectivity index (χ0) is 10.2. The van der Waals surface area contributed by atoms with Crippen LogP contribution < -0.4 is 0 Å². The SMILES string of the molecule is CC(C)N1CCC2(CCC(CBr)C2)C1. The fraction of sp³-hybridized carbons (Fsp3) is 1.00. The molecular formula is C12H22BrN. The van der Waals surface area contributed by atoms with Crippen molar-refractivity contribution in [2.24, 2.45) is 11.3 Å². The standard InChI is InChI=1S/C12H22BrN/c1-10(2)14-6-5-12(9-14)4-3-11(7-12)8-13/h10-11H,3-9H2,1-2H3. The monoisotopic (exact) mass is 259 g/mol. The third kappa shape index (κ3) is 2.01. The number of likely N-dealkylation sites (tertiary alicyclic amines) is 1. The van der Waals surface area contributed by atoms with Gasteiger partial charge in [0.15, 0.2) is 0 Å². The highest BCUT2D eigenvalue weighted by atomic mass is 79.9. The maximum atomic E-state index is 3.64. The van der Waals surface area contributed by atoms with Gasteiger partial charge in [0, 0.05) is 17.9 Å². The first kappa shape index (κ1) is 10.9. The third-order valence-electron chi connectivity index (χ3n) is 4.22. The fourth-order valence-electron chi connectivity index (χ4n) is 3.24. The quantitative estimate of drug-likeness (QED) is 0.689. The van der Waals surface area contributed by atoms with Gasteiger partial charge in [0.1, 0.15) is 0 Å². The van der Waals surface area contributed by atoms with Gasteiger partial charge in [0.25, 0.3) is 0 Å². The van der Waals surface area contributed by atoms with E-state index in [1.54, 1.807) is 0 Å². The van der Waals surface area contributed by atoms with E-state index in [1.807, 2.05) is 0 Å². The molecule has 1 aliphatic heterocycles. The lowest BCUT2D eigenvalue weighted by Crippen LogP contribution is -2.31. The summed E-state index contributed by atoms with van der Waals surface area (Å²) < 4.78 is 0. The van der Waals surface area contributed by atoms with E-state index in [-0.39, 0.29) is 0 Å². The molecule has 1 saturated heterocycles. The summed E-state index contributed by atoms with van der Waals surface area (Å²) >= 11 is 3.64. The van der Waals surface area contributed by atoms with Crippen molar-refractivity contribution in [3.63, 3.8) is 0 Å². The molecule has 1 heterocycles. The second-order valence-corrected chi connectivity index (χ2v) is 6.22. The van der Waals surface area contributed by atoms with Gasteiger partial charge >= 0.3 is 0 Å². The van der Waals surface area contributed by atoms with Gasteiger partial charge in [0.05, 0.1) is 0 Å². The number of alkyl halides is 1. The van der Waals surface area contributed by atoms with Gasteiger partial charge in [-0.25, -0.2) is 0 Å². The van der Waals surface area contributed by atoms with Crippen LogP contribution in [0.5, 0.6) is 0 Å². The largest absolute Gasteiger partial charge is 0.300 e. The van der Waals surface area contributed by atoms with Crippen LogP contribution in [0.25, 0.3) is 0 Å². The highest BCUT2D eigenvalue weighted by Crippen LogP contribution is 2.48. The maximum Gasteiger partial charge on any atom is 0.00598 e. The highest BCUT2D eigenvalue weighted by molar-refractivity contribution is 9.09. The molecule has 2 aliphatic rings. The first-order valence-electron chi connectivity index (χ1n) is 5.95. The van der Waals surface area contributed by atoms with E-state index in [0.29, 0.717) is 5.41 Å². The Hall–Kier alpha value is 0.440. The summed E-state index contributed by atoms with van der Waals surface area (Å²) in [6.07, 6.45) is 5.86. The predicted octanol–water partition coefficient (Wildman–Crippen LogP) is 3.28.